The predicted octanol–water partition coefficient (Wildman–Crippen LogP) is 4.13. The number of hydrogen-bond acceptors (Lipinski definition) is 5. The maximum atomic E-state index is 8.92. The fraction of sp³-hybridized carbons (Fsp3) is 0.333. The van der Waals surface area contributed by atoms with E-state index in [-0.39, 0.29) is 0 Å². The van der Waals surface area contributed by atoms with Gasteiger partial charge in [-0.05, 0) is 32.0 Å². The Hall–Kier alpha value is -1.77. The summed E-state index contributed by atoms with van der Waals surface area (Å²) in [5.41, 5.74) is 1.36. The number of rotatable bonds is 6. The molecule has 21 heavy (non-hydrogen) atoms. The third-order valence-electron chi connectivity index (χ3n) is 3.12. The standard InChI is InChI=1S/C15H17ClN4S/c1-3-20(4-2)15-19-10-12(21-15)9-18-14-7-11(8-17)5-6-13(14)16/h5-7,10,18H,3-4,9H2,1-2H3. The smallest absolute Gasteiger partial charge is 0.185 e. The van der Waals surface area contributed by atoms with Crippen molar-refractivity contribution in [3.8, 4) is 6.07 Å². The minimum absolute atomic E-state index is 0.593. The summed E-state index contributed by atoms with van der Waals surface area (Å²) in [4.78, 5) is 7.80. The zero-order valence-electron chi connectivity index (χ0n) is 12.1. The van der Waals surface area contributed by atoms with E-state index in [0.29, 0.717) is 17.1 Å². The number of thiazole rings is 1. The molecule has 0 aliphatic carbocycles. The lowest BCUT2D eigenvalue weighted by Crippen LogP contribution is -2.21. The summed E-state index contributed by atoms with van der Waals surface area (Å²) in [6, 6.07) is 7.31. The predicted molar refractivity (Wildman–Crippen MR) is 89.2 cm³/mol. The van der Waals surface area contributed by atoms with Gasteiger partial charge in [0, 0.05) is 24.2 Å². The first-order valence-electron chi connectivity index (χ1n) is 6.81. The van der Waals surface area contributed by atoms with Crippen LogP contribution in [0.1, 0.15) is 24.3 Å². The normalized spacial score (nSPS) is 10.2. The van der Waals surface area contributed by atoms with E-state index in [2.05, 4.69) is 35.1 Å². The monoisotopic (exact) mass is 320 g/mol. The van der Waals surface area contributed by atoms with Crippen LogP contribution in [0, 0.1) is 11.3 Å². The molecule has 2 aromatic rings. The first-order chi connectivity index (χ1) is 10.2. The lowest BCUT2D eigenvalue weighted by Gasteiger charge is -2.16. The third-order valence-corrected chi connectivity index (χ3v) is 4.51. The van der Waals surface area contributed by atoms with Crippen LogP contribution in [0.3, 0.4) is 0 Å². The molecule has 0 fully saturated rings. The summed E-state index contributed by atoms with van der Waals surface area (Å²) in [5, 5.41) is 13.8. The maximum Gasteiger partial charge on any atom is 0.185 e. The number of nitrogens with zero attached hydrogens (tertiary/aromatic N) is 3. The molecule has 0 radical (unpaired) electrons. The molecule has 1 heterocycles. The van der Waals surface area contributed by atoms with Crippen molar-refractivity contribution in [2.75, 3.05) is 23.3 Å². The van der Waals surface area contributed by atoms with Crippen molar-refractivity contribution in [1.29, 1.82) is 5.26 Å². The molecule has 0 bridgehead atoms. The van der Waals surface area contributed by atoms with Crippen LogP contribution >= 0.6 is 22.9 Å². The third kappa shape index (κ3) is 3.87. The van der Waals surface area contributed by atoms with Gasteiger partial charge in [-0.1, -0.05) is 11.6 Å². The first kappa shape index (κ1) is 15.6. The molecular weight excluding hydrogens is 304 g/mol. The van der Waals surface area contributed by atoms with Crippen LogP contribution in [0.2, 0.25) is 5.02 Å². The highest BCUT2D eigenvalue weighted by molar-refractivity contribution is 7.15. The highest BCUT2D eigenvalue weighted by atomic mass is 35.5. The number of nitrogens with one attached hydrogen (secondary N) is 1. The second-order valence-corrected chi connectivity index (χ2v) is 5.94. The van der Waals surface area contributed by atoms with Crippen molar-refractivity contribution in [2.24, 2.45) is 0 Å². The molecule has 6 heteroatoms. The Morgan fingerprint density at radius 2 is 2.14 bits per heavy atom. The van der Waals surface area contributed by atoms with E-state index in [0.717, 1.165) is 28.8 Å². The minimum atomic E-state index is 0.593. The van der Waals surface area contributed by atoms with Crippen molar-refractivity contribution >= 4 is 33.8 Å². The molecule has 0 aliphatic rings. The molecule has 1 aromatic carbocycles. The van der Waals surface area contributed by atoms with Crippen LogP contribution in [0.5, 0.6) is 0 Å². The number of anilines is 2. The van der Waals surface area contributed by atoms with E-state index in [1.165, 1.54) is 0 Å². The van der Waals surface area contributed by atoms with Gasteiger partial charge < -0.3 is 10.2 Å². The van der Waals surface area contributed by atoms with Gasteiger partial charge in [-0.15, -0.1) is 11.3 Å². The largest absolute Gasteiger partial charge is 0.379 e. The fourth-order valence-electron chi connectivity index (χ4n) is 1.93. The van der Waals surface area contributed by atoms with Gasteiger partial charge in [-0.25, -0.2) is 4.98 Å². The van der Waals surface area contributed by atoms with E-state index in [9.17, 15) is 0 Å². The fourth-order valence-corrected chi connectivity index (χ4v) is 3.09. The van der Waals surface area contributed by atoms with Gasteiger partial charge >= 0.3 is 0 Å². The quantitative estimate of drug-likeness (QED) is 0.869. The van der Waals surface area contributed by atoms with E-state index >= 15 is 0 Å². The summed E-state index contributed by atoms with van der Waals surface area (Å²) in [6.45, 7) is 6.79. The Morgan fingerprint density at radius 3 is 2.81 bits per heavy atom. The zero-order chi connectivity index (χ0) is 15.2. The van der Waals surface area contributed by atoms with Gasteiger partial charge in [0.15, 0.2) is 5.13 Å². The topological polar surface area (TPSA) is 52.0 Å². The van der Waals surface area contributed by atoms with Crippen LogP contribution in [0.4, 0.5) is 10.8 Å². The summed E-state index contributed by atoms with van der Waals surface area (Å²) in [7, 11) is 0. The van der Waals surface area contributed by atoms with Crippen molar-refractivity contribution in [1.82, 2.24) is 4.98 Å². The Morgan fingerprint density at radius 1 is 1.38 bits per heavy atom. The second-order valence-electron chi connectivity index (χ2n) is 4.44. The van der Waals surface area contributed by atoms with Crippen molar-refractivity contribution in [3.05, 3.63) is 39.9 Å². The molecule has 0 saturated heterocycles. The van der Waals surface area contributed by atoms with Crippen LogP contribution in [-0.4, -0.2) is 18.1 Å². The minimum Gasteiger partial charge on any atom is -0.379 e. The van der Waals surface area contributed by atoms with E-state index in [1.54, 1.807) is 29.5 Å². The molecule has 0 saturated carbocycles. The molecule has 110 valence electrons. The van der Waals surface area contributed by atoms with Crippen molar-refractivity contribution in [3.63, 3.8) is 0 Å². The van der Waals surface area contributed by atoms with Crippen molar-refractivity contribution in [2.45, 2.75) is 20.4 Å². The second kappa shape index (κ2) is 7.30. The summed E-state index contributed by atoms with van der Waals surface area (Å²) >= 11 is 7.80. The number of aromatic nitrogens is 1. The van der Waals surface area contributed by atoms with Crippen LogP contribution in [0.15, 0.2) is 24.4 Å². The molecule has 1 N–H and O–H groups in total. The molecule has 4 nitrogen and oxygen atoms in total. The zero-order valence-corrected chi connectivity index (χ0v) is 13.6. The highest BCUT2D eigenvalue weighted by Crippen LogP contribution is 2.26. The number of hydrogen-bond donors (Lipinski definition) is 1. The molecular formula is C15H17ClN4S. The summed E-state index contributed by atoms with van der Waals surface area (Å²) in [5.74, 6) is 0. The molecule has 0 atom stereocenters. The highest BCUT2D eigenvalue weighted by Gasteiger charge is 2.08. The summed E-state index contributed by atoms with van der Waals surface area (Å²) < 4.78 is 0. The van der Waals surface area contributed by atoms with E-state index < -0.39 is 0 Å². The van der Waals surface area contributed by atoms with Crippen LogP contribution in [-0.2, 0) is 6.54 Å². The van der Waals surface area contributed by atoms with E-state index in [4.69, 9.17) is 16.9 Å². The Labute approximate surface area is 134 Å². The number of halogens is 1. The van der Waals surface area contributed by atoms with Gasteiger partial charge in [0.2, 0.25) is 0 Å². The Bertz CT molecular complexity index is 643. The lowest BCUT2D eigenvalue weighted by molar-refractivity contribution is 0.860. The van der Waals surface area contributed by atoms with Crippen LogP contribution < -0.4 is 10.2 Å². The lowest BCUT2D eigenvalue weighted by atomic mass is 10.2. The molecule has 0 unspecified atom stereocenters. The molecule has 1 aromatic heterocycles. The van der Waals surface area contributed by atoms with Crippen LogP contribution in [0.25, 0.3) is 0 Å². The number of benzene rings is 1. The Balaban J connectivity index is 2.05. The average Bonchev–Trinajstić information content (AvgIpc) is 2.96. The first-order valence-corrected chi connectivity index (χ1v) is 8.00. The SMILES string of the molecule is CCN(CC)c1ncc(CNc2cc(C#N)ccc2Cl)s1. The average molecular weight is 321 g/mol. The maximum absolute atomic E-state index is 8.92. The number of nitriles is 1. The van der Waals surface area contributed by atoms with Gasteiger partial charge in [0.1, 0.15) is 0 Å². The Kier molecular flexibility index (Phi) is 5.43. The van der Waals surface area contributed by atoms with Gasteiger partial charge in [0.05, 0.1) is 28.9 Å². The van der Waals surface area contributed by atoms with Gasteiger partial charge in [0.25, 0.3) is 0 Å². The molecule has 0 aliphatic heterocycles. The molecule has 0 amide bonds. The summed E-state index contributed by atoms with van der Waals surface area (Å²) in [6.07, 6.45) is 1.88. The molecule has 0 spiro atoms. The van der Waals surface area contributed by atoms with Crippen molar-refractivity contribution < 1.29 is 0 Å². The van der Waals surface area contributed by atoms with Gasteiger partial charge in [-0.3, -0.25) is 0 Å². The van der Waals surface area contributed by atoms with E-state index in [1.807, 2.05) is 6.20 Å². The molecule has 2 rings (SSSR count). The van der Waals surface area contributed by atoms with Gasteiger partial charge in [-0.2, -0.15) is 5.26 Å².